The Hall–Kier alpha value is -1.64. The number of carbonyl (C=O) groups excluding carboxylic acids is 2. The molecule has 2 heterocycles. The molecular formula is C13H13BrN2O5. The summed E-state index contributed by atoms with van der Waals surface area (Å²) in [7, 11) is 3.10. The van der Waals surface area contributed by atoms with E-state index in [2.05, 4.69) is 21.2 Å². The van der Waals surface area contributed by atoms with Crippen molar-refractivity contribution >= 4 is 27.7 Å². The number of rotatable bonds is 2. The van der Waals surface area contributed by atoms with Gasteiger partial charge in [0.15, 0.2) is 17.6 Å². The first-order valence-electron chi connectivity index (χ1n) is 6.25. The quantitative estimate of drug-likeness (QED) is 0.759. The molecule has 1 aromatic rings. The highest BCUT2D eigenvalue weighted by molar-refractivity contribution is 9.10. The maximum Gasteiger partial charge on any atom is 0.258 e. The van der Waals surface area contributed by atoms with Gasteiger partial charge in [0.2, 0.25) is 5.91 Å². The Kier molecular flexibility index (Phi) is 3.39. The van der Waals surface area contributed by atoms with Crippen molar-refractivity contribution in [1.82, 2.24) is 10.4 Å². The van der Waals surface area contributed by atoms with Gasteiger partial charge in [-0.15, -0.1) is 0 Å². The van der Waals surface area contributed by atoms with E-state index in [1.165, 1.54) is 12.2 Å². The summed E-state index contributed by atoms with van der Waals surface area (Å²) in [6, 6.07) is 2.85. The second kappa shape index (κ2) is 4.97. The molecule has 3 unspecified atom stereocenters. The van der Waals surface area contributed by atoms with Crippen molar-refractivity contribution in [3.63, 3.8) is 0 Å². The Morgan fingerprint density at radius 1 is 1.38 bits per heavy atom. The molecule has 2 fully saturated rings. The molecule has 2 saturated heterocycles. The predicted molar refractivity (Wildman–Crippen MR) is 74.4 cm³/mol. The number of halogens is 1. The van der Waals surface area contributed by atoms with Gasteiger partial charge in [-0.2, -0.15) is 5.06 Å². The van der Waals surface area contributed by atoms with E-state index in [-0.39, 0.29) is 11.7 Å². The van der Waals surface area contributed by atoms with E-state index in [0.717, 1.165) is 0 Å². The topological polar surface area (TPSA) is 88.1 Å². The number of carbonyl (C=O) groups is 2. The zero-order valence-corrected chi connectivity index (χ0v) is 12.9. The lowest BCUT2D eigenvalue weighted by molar-refractivity contribution is -0.162. The fourth-order valence-electron chi connectivity index (χ4n) is 2.81. The lowest BCUT2D eigenvalue weighted by Gasteiger charge is -2.23. The van der Waals surface area contributed by atoms with Crippen LogP contribution in [0.15, 0.2) is 16.6 Å². The van der Waals surface area contributed by atoms with Crippen LogP contribution in [0.2, 0.25) is 0 Å². The van der Waals surface area contributed by atoms with Gasteiger partial charge >= 0.3 is 0 Å². The molecule has 21 heavy (non-hydrogen) atoms. The first-order valence-corrected chi connectivity index (χ1v) is 7.04. The molecule has 0 radical (unpaired) electrons. The van der Waals surface area contributed by atoms with Crippen LogP contribution in [0, 0.1) is 5.92 Å². The highest BCUT2D eigenvalue weighted by Crippen LogP contribution is 2.47. The van der Waals surface area contributed by atoms with E-state index in [1.54, 1.807) is 19.2 Å². The maximum absolute atomic E-state index is 12.0. The molecule has 2 N–H and O–H groups in total. The Labute approximate surface area is 128 Å². The smallest absolute Gasteiger partial charge is 0.258 e. The average Bonchev–Trinajstić information content (AvgIpc) is 2.91. The normalized spacial score (nSPS) is 28.6. The first kappa shape index (κ1) is 14.3. The largest absolute Gasteiger partial charge is 0.503 e. The third-order valence-corrected chi connectivity index (χ3v) is 4.63. The van der Waals surface area contributed by atoms with Crippen LogP contribution in [0.25, 0.3) is 0 Å². The highest BCUT2D eigenvalue weighted by Gasteiger charge is 2.55. The standard InChI is InChI=1S/C13H13BrN2O5/c1-16-9(7-11(21-16)13(19)15-12(7)18)5-3-4-6(20-2)10(17)8(5)14/h3-4,7,9,11,17H,1-2H3,(H,15,18,19). The van der Waals surface area contributed by atoms with Crippen LogP contribution in [0.3, 0.4) is 0 Å². The summed E-state index contributed by atoms with van der Waals surface area (Å²) in [6.45, 7) is 0. The molecule has 0 bridgehead atoms. The number of imide groups is 1. The third-order valence-electron chi connectivity index (χ3n) is 3.79. The number of nitrogens with zero attached hydrogens (tertiary/aromatic N) is 1. The van der Waals surface area contributed by atoms with Gasteiger partial charge in [0.1, 0.15) is 0 Å². The number of fused-ring (bicyclic) bond motifs is 1. The van der Waals surface area contributed by atoms with Crippen molar-refractivity contribution in [2.24, 2.45) is 5.92 Å². The minimum Gasteiger partial charge on any atom is -0.503 e. The molecule has 3 rings (SSSR count). The van der Waals surface area contributed by atoms with Crippen LogP contribution in [-0.4, -0.2) is 42.2 Å². The van der Waals surface area contributed by atoms with Crippen LogP contribution in [0.1, 0.15) is 11.6 Å². The summed E-state index contributed by atoms with van der Waals surface area (Å²) in [5.74, 6) is -1.20. The highest BCUT2D eigenvalue weighted by atomic mass is 79.9. The number of benzene rings is 1. The SMILES string of the molecule is COc1ccc(C2C3C(=O)NC(=O)C3ON2C)c(Br)c1O. The molecule has 0 spiro atoms. The van der Waals surface area contributed by atoms with Gasteiger partial charge in [0.05, 0.1) is 23.5 Å². The number of aromatic hydroxyl groups is 1. The zero-order valence-electron chi connectivity index (χ0n) is 11.3. The van der Waals surface area contributed by atoms with E-state index < -0.39 is 24.0 Å². The second-order valence-electron chi connectivity index (χ2n) is 4.92. The van der Waals surface area contributed by atoms with Gasteiger partial charge in [-0.3, -0.25) is 19.7 Å². The van der Waals surface area contributed by atoms with Crippen molar-refractivity contribution in [2.75, 3.05) is 14.2 Å². The van der Waals surface area contributed by atoms with E-state index in [4.69, 9.17) is 9.57 Å². The molecule has 2 amide bonds. The van der Waals surface area contributed by atoms with E-state index in [1.807, 2.05) is 0 Å². The fraction of sp³-hybridized carbons (Fsp3) is 0.385. The number of hydrogen-bond donors (Lipinski definition) is 2. The van der Waals surface area contributed by atoms with Gasteiger partial charge in [0.25, 0.3) is 5.91 Å². The Balaban J connectivity index is 2.06. The number of phenols is 1. The van der Waals surface area contributed by atoms with Gasteiger partial charge in [-0.1, -0.05) is 6.07 Å². The van der Waals surface area contributed by atoms with Crippen LogP contribution in [0.4, 0.5) is 0 Å². The number of hydroxylamine groups is 2. The molecule has 1 aromatic carbocycles. The molecule has 3 atom stereocenters. The lowest BCUT2D eigenvalue weighted by atomic mass is 9.91. The fourth-order valence-corrected chi connectivity index (χ4v) is 3.38. The van der Waals surface area contributed by atoms with E-state index in [9.17, 15) is 14.7 Å². The number of ether oxygens (including phenoxy) is 1. The molecular weight excluding hydrogens is 344 g/mol. The predicted octanol–water partition coefficient (Wildman–Crippen LogP) is 0.723. The van der Waals surface area contributed by atoms with Crippen LogP contribution < -0.4 is 10.1 Å². The van der Waals surface area contributed by atoms with Gasteiger partial charge < -0.3 is 9.84 Å². The summed E-state index contributed by atoms with van der Waals surface area (Å²) < 4.78 is 5.45. The van der Waals surface area contributed by atoms with Gasteiger partial charge in [0, 0.05) is 7.05 Å². The molecule has 112 valence electrons. The molecule has 2 aliphatic rings. The van der Waals surface area contributed by atoms with Crippen molar-refractivity contribution in [3.8, 4) is 11.5 Å². The van der Waals surface area contributed by atoms with Crippen LogP contribution in [0.5, 0.6) is 11.5 Å². The molecule has 8 heteroatoms. The maximum atomic E-state index is 12.0. The van der Waals surface area contributed by atoms with E-state index >= 15 is 0 Å². The monoisotopic (exact) mass is 356 g/mol. The minimum atomic E-state index is -0.830. The van der Waals surface area contributed by atoms with Crippen molar-refractivity contribution < 1.29 is 24.3 Å². The van der Waals surface area contributed by atoms with Crippen molar-refractivity contribution in [2.45, 2.75) is 12.1 Å². The van der Waals surface area contributed by atoms with E-state index in [0.29, 0.717) is 15.8 Å². The second-order valence-corrected chi connectivity index (χ2v) is 5.71. The Morgan fingerprint density at radius 3 is 2.76 bits per heavy atom. The lowest BCUT2D eigenvalue weighted by Crippen LogP contribution is -2.31. The number of methoxy groups -OCH3 is 1. The Morgan fingerprint density at radius 2 is 2.10 bits per heavy atom. The molecule has 0 aliphatic carbocycles. The number of hydrogen-bond acceptors (Lipinski definition) is 6. The molecule has 0 saturated carbocycles. The summed E-state index contributed by atoms with van der Waals surface area (Å²) in [6.07, 6.45) is -0.830. The van der Waals surface area contributed by atoms with Crippen LogP contribution >= 0.6 is 15.9 Å². The number of nitrogens with one attached hydrogen (secondary N) is 1. The third kappa shape index (κ3) is 2.02. The van der Waals surface area contributed by atoms with Gasteiger partial charge in [-0.05, 0) is 27.6 Å². The Bertz CT molecular complexity index is 635. The van der Waals surface area contributed by atoms with Gasteiger partial charge in [-0.25, -0.2) is 0 Å². The summed E-state index contributed by atoms with van der Waals surface area (Å²) in [4.78, 5) is 29.1. The zero-order chi connectivity index (χ0) is 15.3. The summed E-state index contributed by atoms with van der Waals surface area (Å²) >= 11 is 3.31. The number of amides is 2. The van der Waals surface area contributed by atoms with Crippen LogP contribution in [-0.2, 0) is 14.4 Å². The average molecular weight is 357 g/mol. The first-order chi connectivity index (χ1) is 9.95. The molecule has 7 nitrogen and oxygen atoms in total. The minimum absolute atomic E-state index is 0.0587. The summed E-state index contributed by atoms with van der Waals surface area (Å²) in [5, 5.41) is 13.8. The molecule has 0 aromatic heterocycles. The van der Waals surface area contributed by atoms with Crippen molar-refractivity contribution in [3.05, 3.63) is 22.2 Å². The summed E-state index contributed by atoms with van der Waals surface area (Å²) in [5.41, 5.74) is 0.646. The molecule has 2 aliphatic heterocycles. The van der Waals surface area contributed by atoms with Crippen molar-refractivity contribution in [1.29, 1.82) is 0 Å². The number of phenolic OH excluding ortho intramolecular Hbond substituents is 1.